The van der Waals surface area contributed by atoms with Crippen LogP contribution >= 0.6 is 0 Å². The fourth-order valence-corrected chi connectivity index (χ4v) is 1.25. The Morgan fingerprint density at radius 1 is 1.32 bits per heavy atom. The summed E-state index contributed by atoms with van der Waals surface area (Å²) in [4.78, 5) is 21.9. The Labute approximate surface area is 109 Å². The van der Waals surface area contributed by atoms with Crippen LogP contribution in [-0.2, 0) is 14.3 Å². The number of aliphatic carboxylic acids is 1. The van der Waals surface area contributed by atoms with Crippen LogP contribution in [0, 0.1) is 0 Å². The number of nitrogens with one attached hydrogen (secondary N) is 1. The van der Waals surface area contributed by atoms with Crippen LogP contribution in [0.1, 0.15) is 33.1 Å². The molecule has 112 valence electrons. The number of carbonyl (C=O) groups excluding carboxylic acids is 1. The molecular weight excluding hydrogens is 267 g/mol. The van der Waals surface area contributed by atoms with Crippen molar-refractivity contribution in [1.82, 2.24) is 5.32 Å². The molecule has 19 heavy (non-hydrogen) atoms. The van der Waals surface area contributed by atoms with Crippen molar-refractivity contribution >= 4 is 11.9 Å². The molecule has 0 fully saturated rings. The molecule has 2 N–H and O–H groups in total. The minimum absolute atomic E-state index is 0.0000543. The van der Waals surface area contributed by atoms with Crippen molar-refractivity contribution in [2.75, 3.05) is 6.61 Å². The minimum Gasteiger partial charge on any atom is -0.480 e. The zero-order valence-corrected chi connectivity index (χ0v) is 10.8. The van der Waals surface area contributed by atoms with Crippen molar-refractivity contribution in [2.45, 2.75) is 51.4 Å². The quantitative estimate of drug-likeness (QED) is 0.666. The molecule has 0 saturated carbocycles. The summed E-state index contributed by atoms with van der Waals surface area (Å²) in [5.41, 5.74) is 0. The molecule has 0 aliphatic carbocycles. The summed E-state index contributed by atoms with van der Waals surface area (Å²) in [6, 6.07) is -1.95. The van der Waals surface area contributed by atoms with Gasteiger partial charge < -0.3 is 15.2 Å². The largest absolute Gasteiger partial charge is 0.480 e. The minimum atomic E-state index is -4.64. The SMILES string of the molecule is CC(C)OCCCC(=O)NC(CC(F)(F)F)C(=O)O. The lowest BCUT2D eigenvalue weighted by atomic mass is 10.2. The fourth-order valence-electron chi connectivity index (χ4n) is 1.25. The summed E-state index contributed by atoms with van der Waals surface area (Å²) < 4.78 is 41.4. The van der Waals surface area contributed by atoms with Crippen molar-refractivity contribution in [2.24, 2.45) is 0 Å². The van der Waals surface area contributed by atoms with Gasteiger partial charge >= 0.3 is 12.1 Å². The number of halogens is 3. The first-order valence-electron chi connectivity index (χ1n) is 5.82. The third-order valence-electron chi connectivity index (χ3n) is 2.07. The van der Waals surface area contributed by atoms with Gasteiger partial charge in [-0.2, -0.15) is 13.2 Å². The van der Waals surface area contributed by atoms with E-state index >= 15 is 0 Å². The Balaban J connectivity index is 4.08. The molecule has 0 spiro atoms. The molecule has 0 bridgehead atoms. The summed E-state index contributed by atoms with van der Waals surface area (Å²) in [5, 5.41) is 10.4. The monoisotopic (exact) mass is 285 g/mol. The Bertz CT molecular complexity index is 305. The van der Waals surface area contributed by atoms with Crippen molar-refractivity contribution in [3.05, 3.63) is 0 Å². The molecule has 0 aromatic rings. The second-order valence-electron chi connectivity index (χ2n) is 4.30. The van der Waals surface area contributed by atoms with E-state index in [0.29, 0.717) is 13.0 Å². The molecule has 0 aliphatic rings. The summed E-state index contributed by atoms with van der Waals surface area (Å²) in [6.07, 6.45) is -5.98. The lowest BCUT2D eigenvalue weighted by Gasteiger charge is -2.16. The van der Waals surface area contributed by atoms with Gasteiger partial charge in [0.25, 0.3) is 0 Å². The topological polar surface area (TPSA) is 75.6 Å². The number of carbonyl (C=O) groups is 2. The van der Waals surface area contributed by atoms with Gasteiger partial charge in [0.2, 0.25) is 5.91 Å². The van der Waals surface area contributed by atoms with E-state index in [1.807, 2.05) is 19.2 Å². The molecule has 1 atom stereocenters. The highest BCUT2D eigenvalue weighted by molar-refractivity contribution is 5.83. The summed E-state index contributed by atoms with van der Waals surface area (Å²) >= 11 is 0. The van der Waals surface area contributed by atoms with E-state index in [4.69, 9.17) is 9.84 Å². The first-order chi connectivity index (χ1) is 8.61. The van der Waals surface area contributed by atoms with Crippen LogP contribution in [0.3, 0.4) is 0 Å². The zero-order chi connectivity index (χ0) is 15.1. The van der Waals surface area contributed by atoms with E-state index in [9.17, 15) is 22.8 Å². The van der Waals surface area contributed by atoms with Gasteiger partial charge in [-0.1, -0.05) is 0 Å². The van der Waals surface area contributed by atoms with Gasteiger partial charge in [-0.15, -0.1) is 0 Å². The Morgan fingerprint density at radius 2 is 1.89 bits per heavy atom. The molecule has 0 aromatic heterocycles. The smallest absolute Gasteiger partial charge is 0.391 e. The Hall–Kier alpha value is -1.31. The third kappa shape index (κ3) is 10.3. The average Bonchev–Trinajstić information content (AvgIpc) is 2.21. The van der Waals surface area contributed by atoms with Gasteiger partial charge in [-0.05, 0) is 20.3 Å². The van der Waals surface area contributed by atoms with Gasteiger partial charge in [-0.25, -0.2) is 4.79 Å². The maximum atomic E-state index is 12.1. The predicted octanol–water partition coefficient (Wildman–Crippen LogP) is 1.71. The Kier molecular flexibility index (Phi) is 7.43. The second kappa shape index (κ2) is 7.98. The molecule has 1 amide bonds. The maximum absolute atomic E-state index is 12.1. The van der Waals surface area contributed by atoms with Gasteiger partial charge in [0.1, 0.15) is 6.04 Å². The number of ether oxygens (including phenoxy) is 1. The van der Waals surface area contributed by atoms with Gasteiger partial charge in [0.05, 0.1) is 12.5 Å². The van der Waals surface area contributed by atoms with Gasteiger partial charge in [0.15, 0.2) is 0 Å². The van der Waals surface area contributed by atoms with Gasteiger partial charge in [0, 0.05) is 13.0 Å². The highest BCUT2D eigenvalue weighted by atomic mass is 19.4. The number of carboxylic acid groups (broad SMARTS) is 1. The number of amides is 1. The van der Waals surface area contributed by atoms with Gasteiger partial charge in [-0.3, -0.25) is 4.79 Å². The second-order valence-corrected chi connectivity index (χ2v) is 4.30. The van der Waals surface area contributed by atoms with E-state index in [2.05, 4.69) is 0 Å². The van der Waals surface area contributed by atoms with Crippen LogP contribution in [-0.4, -0.2) is 41.9 Å². The summed E-state index contributed by atoms with van der Waals surface area (Å²) in [5.74, 6) is -2.44. The lowest BCUT2D eigenvalue weighted by molar-refractivity contribution is -0.160. The maximum Gasteiger partial charge on any atom is 0.391 e. The molecule has 1 unspecified atom stereocenters. The van der Waals surface area contributed by atoms with Crippen LogP contribution in [0.15, 0.2) is 0 Å². The van der Waals surface area contributed by atoms with E-state index < -0.39 is 30.5 Å². The fraction of sp³-hybridized carbons (Fsp3) is 0.818. The van der Waals surface area contributed by atoms with Crippen molar-refractivity contribution in [1.29, 1.82) is 0 Å². The van der Waals surface area contributed by atoms with Crippen LogP contribution in [0.25, 0.3) is 0 Å². The number of alkyl halides is 3. The summed E-state index contributed by atoms with van der Waals surface area (Å²) in [6.45, 7) is 3.91. The third-order valence-corrected chi connectivity index (χ3v) is 2.07. The van der Waals surface area contributed by atoms with Crippen molar-refractivity contribution < 1.29 is 32.6 Å². The highest BCUT2D eigenvalue weighted by Gasteiger charge is 2.36. The van der Waals surface area contributed by atoms with Crippen molar-refractivity contribution in [3.63, 3.8) is 0 Å². The average molecular weight is 285 g/mol. The molecule has 0 heterocycles. The highest BCUT2D eigenvalue weighted by Crippen LogP contribution is 2.21. The van der Waals surface area contributed by atoms with E-state index in [-0.39, 0.29) is 12.5 Å². The van der Waals surface area contributed by atoms with Crippen LogP contribution in [0.4, 0.5) is 13.2 Å². The first-order valence-corrected chi connectivity index (χ1v) is 5.82. The zero-order valence-electron chi connectivity index (χ0n) is 10.8. The first kappa shape index (κ1) is 17.7. The summed E-state index contributed by atoms with van der Waals surface area (Å²) in [7, 11) is 0. The van der Waals surface area contributed by atoms with E-state index in [1.54, 1.807) is 0 Å². The predicted molar refractivity (Wildman–Crippen MR) is 60.6 cm³/mol. The molecule has 5 nitrogen and oxygen atoms in total. The molecule has 8 heteroatoms. The molecule has 0 aliphatic heterocycles. The molecule has 0 aromatic carbocycles. The number of rotatable bonds is 8. The molecule has 0 rings (SSSR count). The number of hydrogen-bond acceptors (Lipinski definition) is 3. The number of carboxylic acids is 1. The van der Waals surface area contributed by atoms with Crippen LogP contribution in [0.5, 0.6) is 0 Å². The van der Waals surface area contributed by atoms with Crippen LogP contribution in [0.2, 0.25) is 0 Å². The molecule has 0 radical (unpaired) electrons. The van der Waals surface area contributed by atoms with E-state index in [0.717, 1.165) is 0 Å². The van der Waals surface area contributed by atoms with Crippen molar-refractivity contribution in [3.8, 4) is 0 Å². The number of hydrogen-bond donors (Lipinski definition) is 2. The van der Waals surface area contributed by atoms with E-state index in [1.165, 1.54) is 0 Å². The normalized spacial score (nSPS) is 13.4. The lowest BCUT2D eigenvalue weighted by Crippen LogP contribution is -2.43. The standard InChI is InChI=1S/C11H18F3NO4/c1-7(2)19-5-3-4-9(16)15-8(10(17)18)6-11(12,13)14/h7-8H,3-6H2,1-2H3,(H,15,16)(H,17,18). The molecular formula is C11H18F3NO4. The Morgan fingerprint density at radius 3 is 2.32 bits per heavy atom. The molecule has 0 saturated heterocycles. The van der Waals surface area contributed by atoms with Crippen LogP contribution < -0.4 is 5.32 Å².